The average molecular weight is 208 g/mol. The molecule has 0 aliphatic carbocycles. The van der Waals surface area contributed by atoms with Gasteiger partial charge in [0.05, 0.1) is 0 Å². The molecular weight excluding hydrogens is 192 g/mol. The van der Waals surface area contributed by atoms with Crippen LogP contribution in [0.1, 0.15) is 24.3 Å². The second-order valence-corrected chi connectivity index (χ2v) is 3.66. The number of carbonyl (C=O) groups excluding carboxylic acids is 1. The molecule has 0 aliphatic rings. The fourth-order valence-corrected chi connectivity index (χ4v) is 0.984. The van der Waals surface area contributed by atoms with Crippen molar-refractivity contribution in [3.63, 3.8) is 0 Å². The van der Waals surface area contributed by atoms with Crippen molar-refractivity contribution in [1.82, 2.24) is 15.5 Å². The molecule has 5 heteroatoms. The zero-order valence-corrected chi connectivity index (χ0v) is 9.24. The molecule has 0 radical (unpaired) electrons. The molecule has 0 bridgehead atoms. The zero-order valence-electron chi connectivity index (χ0n) is 9.24. The van der Waals surface area contributed by atoms with Gasteiger partial charge in [-0.1, -0.05) is 13.8 Å². The van der Waals surface area contributed by atoms with Crippen molar-refractivity contribution in [2.45, 2.75) is 13.8 Å². The van der Waals surface area contributed by atoms with Gasteiger partial charge in [-0.15, -0.1) is 10.2 Å². The van der Waals surface area contributed by atoms with Crippen LogP contribution in [0.15, 0.2) is 12.1 Å². The lowest BCUT2D eigenvalue weighted by Crippen LogP contribution is -2.20. The van der Waals surface area contributed by atoms with Gasteiger partial charge in [-0.2, -0.15) is 0 Å². The Balaban J connectivity index is 2.60. The molecule has 2 N–H and O–H groups in total. The summed E-state index contributed by atoms with van der Waals surface area (Å²) in [6.45, 7) is 5.06. The van der Waals surface area contributed by atoms with Crippen molar-refractivity contribution in [1.29, 1.82) is 0 Å². The Kier molecular flexibility index (Phi) is 4.03. The molecule has 1 aromatic rings. The van der Waals surface area contributed by atoms with Crippen molar-refractivity contribution in [2.24, 2.45) is 5.92 Å². The monoisotopic (exact) mass is 208 g/mol. The maximum atomic E-state index is 11.2. The van der Waals surface area contributed by atoms with E-state index >= 15 is 0 Å². The molecule has 0 aliphatic heterocycles. The van der Waals surface area contributed by atoms with Crippen LogP contribution in [0.5, 0.6) is 0 Å². The summed E-state index contributed by atoms with van der Waals surface area (Å²) in [5.41, 5.74) is 0.326. The summed E-state index contributed by atoms with van der Waals surface area (Å²) in [4.78, 5) is 11.2. The van der Waals surface area contributed by atoms with Crippen LogP contribution in [0.3, 0.4) is 0 Å². The molecule has 82 valence electrons. The van der Waals surface area contributed by atoms with E-state index in [0.29, 0.717) is 17.4 Å². The van der Waals surface area contributed by atoms with Gasteiger partial charge in [0.25, 0.3) is 5.91 Å². The lowest BCUT2D eigenvalue weighted by Gasteiger charge is -2.07. The number of hydrogen-bond acceptors (Lipinski definition) is 4. The van der Waals surface area contributed by atoms with Crippen LogP contribution in [0.4, 0.5) is 5.82 Å². The molecule has 1 amide bonds. The first-order valence-corrected chi connectivity index (χ1v) is 4.93. The third-order valence-electron chi connectivity index (χ3n) is 1.82. The van der Waals surface area contributed by atoms with Gasteiger partial charge < -0.3 is 10.6 Å². The molecule has 1 rings (SSSR count). The number of amides is 1. The molecule has 0 spiro atoms. The van der Waals surface area contributed by atoms with E-state index in [9.17, 15) is 4.79 Å². The Morgan fingerprint density at radius 3 is 2.60 bits per heavy atom. The van der Waals surface area contributed by atoms with Crippen LogP contribution in [-0.2, 0) is 0 Å². The minimum atomic E-state index is -0.224. The van der Waals surface area contributed by atoms with Crippen molar-refractivity contribution < 1.29 is 4.79 Å². The van der Waals surface area contributed by atoms with E-state index in [1.54, 1.807) is 19.2 Å². The highest BCUT2D eigenvalue weighted by atomic mass is 16.1. The van der Waals surface area contributed by atoms with Crippen molar-refractivity contribution in [3.05, 3.63) is 17.8 Å². The van der Waals surface area contributed by atoms with E-state index in [4.69, 9.17) is 0 Å². The molecule has 0 saturated heterocycles. The fourth-order valence-electron chi connectivity index (χ4n) is 0.984. The number of aromatic nitrogens is 2. The fraction of sp³-hybridized carbons (Fsp3) is 0.500. The Morgan fingerprint density at radius 2 is 2.13 bits per heavy atom. The summed E-state index contributed by atoms with van der Waals surface area (Å²) in [5.74, 6) is 1.01. The summed E-state index contributed by atoms with van der Waals surface area (Å²) in [7, 11) is 1.56. The summed E-state index contributed by atoms with van der Waals surface area (Å²) in [6.07, 6.45) is 0. The molecule has 0 fully saturated rings. The van der Waals surface area contributed by atoms with Gasteiger partial charge in [0.2, 0.25) is 0 Å². The second kappa shape index (κ2) is 5.29. The van der Waals surface area contributed by atoms with Crippen LogP contribution in [0.2, 0.25) is 0 Å². The number of anilines is 1. The van der Waals surface area contributed by atoms with Gasteiger partial charge in [-0.05, 0) is 18.1 Å². The van der Waals surface area contributed by atoms with Crippen molar-refractivity contribution >= 4 is 11.7 Å². The highest BCUT2D eigenvalue weighted by Crippen LogP contribution is 2.03. The summed E-state index contributed by atoms with van der Waals surface area (Å²) in [5, 5.41) is 13.3. The van der Waals surface area contributed by atoms with E-state index in [1.165, 1.54) is 0 Å². The maximum absolute atomic E-state index is 11.2. The molecule has 15 heavy (non-hydrogen) atoms. The van der Waals surface area contributed by atoms with E-state index in [0.717, 1.165) is 6.54 Å². The molecular formula is C10H16N4O. The Labute approximate surface area is 89.3 Å². The van der Waals surface area contributed by atoms with E-state index in [-0.39, 0.29) is 5.91 Å². The Morgan fingerprint density at radius 1 is 1.40 bits per heavy atom. The predicted molar refractivity (Wildman–Crippen MR) is 58.7 cm³/mol. The maximum Gasteiger partial charge on any atom is 0.271 e. The summed E-state index contributed by atoms with van der Waals surface area (Å²) in [6, 6.07) is 3.40. The minimum Gasteiger partial charge on any atom is -0.368 e. The van der Waals surface area contributed by atoms with E-state index < -0.39 is 0 Å². The van der Waals surface area contributed by atoms with Gasteiger partial charge in [0.15, 0.2) is 5.69 Å². The minimum absolute atomic E-state index is 0.224. The topological polar surface area (TPSA) is 66.9 Å². The number of nitrogens with one attached hydrogen (secondary N) is 2. The number of rotatable bonds is 4. The number of hydrogen-bond donors (Lipinski definition) is 2. The highest BCUT2D eigenvalue weighted by Gasteiger charge is 2.05. The lowest BCUT2D eigenvalue weighted by molar-refractivity contribution is 0.0957. The quantitative estimate of drug-likeness (QED) is 0.771. The standard InChI is InChI=1S/C10H16N4O/c1-7(2)6-12-9-5-4-8(13-14-9)10(15)11-3/h4-5,7H,6H2,1-3H3,(H,11,15)(H,12,14). The zero-order chi connectivity index (χ0) is 11.3. The smallest absolute Gasteiger partial charge is 0.271 e. The van der Waals surface area contributed by atoms with E-state index in [2.05, 4.69) is 34.7 Å². The Hall–Kier alpha value is -1.65. The highest BCUT2D eigenvalue weighted by molar-refractivity contribution is 5.91. The second-order valence-electron chi connectivity index (χ2n) is 3.66. The van der Waals surface area contributed by atoms with Gasteiger partial charge >= 0.3 is 0 Å². The molecule has 0 saturated carbocycles. The molecule has 1 heterocycles. The van der Waals surface area contributed by atoms with Crippen LogP contribution in [-0.4, -0.2) is 29.7 Å². The van der Waals surface area contributed by atoms with Gasteiger partial charge in [0.1, 0.15) is 5.82 Å². The number of carbonyl (C=O) groups is 1. The third kappa shape index (κ3) is 3.53. The van der Waals surface area contributed by atoms with Crippen molar-refractivity contribution in [2.75, 3.05) is 18.9 Å². The molecule has 1 aromatic heterocycles. The lowest BCUT2D eigenvalue weighted by atomic mass is 10.2. The molecule has 0 aromatic carbocycles. The largest absolute Gasteiger partial charge is 0.368 e. The van der Waals surface area contributed by atoms with Gasteiger partial charge in [0, 0.05) is 13.6 Å². The summed E-state index contributed by atoms with van der Waals surface area (Å²) < 4.78 is 0. The predicted octanol–water partition coefficient (Wildman–Crippen LogP) is 0.904. The summed E-state index contributed by atoms with van der Waals surface area (Å²) >= 11 is 0. The van der Waals surface area contributed by atoms with Gasteiger partial charge in [-0.25, -0.2) is 0 Å². The molecule has 0 atom stereocenters. The molecule has 0 unspecified atom stereocenters. The first-order chi connectivity index (χ1) is 7.13. The Bertz CT molecular complexity index is 321. The SMILES string of the molecule is CNC(=O)c1ccc(NCC(C)C)nn1. The first kappa shape index (κ1) is 11.4. The van der Waals surface area contributed by atoms with Gasteiger partial charge in [-0.3, -0.25) is 4.79 Å². The number of nitrogens with zero attached hydrogens (tertiary/aromatic N) is 2. The van der Waals surface area contributed by atoms with Crippen LogP contribution >= 0.6 is 0 Å². The van der Waals surface area contributed by atoms with E-state index in [1.807, 2.05) is 0 Å². The van der Waals surface area contributed by atoms with Crippen LogP contribution < -0.4 is 10.6 Å². The van der Waals surface area contributed by atoms with Crippen LogP contribution in [0, 0.1) is 5.92 Å². The first-order valence-electron chi connectivity index (χ1n) is 4.93. The van der Waals surface area contributed by atoms with Crippen molar-refractivity contribution in [3.8, 4) is 0 Å². The third-order valence-corrected chi connectivity index (χ3v) is 1.82. The normalized spacial score (nSPS) is 10.1. The van der Waals surface area contributed by atoms with Crippen LogP contribution in [0.25, 0.3) is 0 Å². The molecule has 5 nitrogen and oxygen atoms in total. The average Bonchev–Trinajstić information content (AvgIpc) is 2.26.